The van der Waals surface area contributed by atoms with Crippen LogP contribution in [0.5, 0.6) is 0 Å². The molecular formula is C22H40N4O3. The number of nitrogens with one attached hydrogen (secondary N) is 2. The van der Waals surface area contributed by atoms with E-state index >= 15 is 0 Å². The standard InChI is InChI=1S/C22H40N4O3/c1-3-9-22(27,10-4-2)19-25-21(24-12-8-20-7-5-16-29-20)23-11-6-13-26-14-17-28-18-15-26/h5,7,16,27H,3-4,6,8-15,17-19H2,1-2H3,(H2,23,24,25). The number of aliphatic imine (C=N–C) groups is 1. The highest BCUT2D eigenvalue weighted by Gasteiger charge is 2.24. The Morgan fingerprint density at radius 3 is 2.55 bits per heavy atom. The first-order chi connectivity index (χ1) is 14.1. The number of morpholine rings is 1. The molecule has 0 amide bonds. The van der Waals surface area contributed by atoms with Crippen molar-refractivity contribution in [2.45, 2.75) is 58.0 Å². The second-order valence-electron chi connectivity index (χ2n) is 7.88. The summed E-state index contributed by atoms with van der Waals surface area (Å²) in [5.74, 6) is 1.72. The van der Waals surface area contributed by atoms with Crippen LogP contribution in [0.4, 0.5) is 0 Å². The van der Waals surface area contributed by atoms with Crippen molar-refractivity contribution < 1.29 is 14.3 Å². The van der Waals surface area contributed by atoms with E-state index in [1.807, 2.05) is 12.1 Å². The van der Waals surface area contributed by atoms with Gasteiger partial charge in [-0.25, -0.2) is 0 Å². The normalized spacial score (nSPS) is 16.2. The van der Waals surface area contributed by atoms with E-state index < -0.39 is 5.60 Å². The van der Waals surface area contributed by atoms with Gasteiger partial charge in [0, 0.05) is 32.6 Å². The fourth-order valence-electron chi connectivity index (χ4n) is 3.71. The van der Waals surface area contributed by atoms with Crippen molar-refractivity contribution in [2.24, 2.45) is 4.99 Å². The van der Waals surface area contributed by atoms with Crippen molar-refractivity contribution in [1.29, 1.82) is 0 Å². The number of rotatable bonds is 13. The maximum Gasteiger partial charge on any atom is 0.191 e. The van der Waals surface area contributed by atoms with Gasteiger partial charge in [0.2, 0.25) is 0 Å². The van der Waals surface area contributed by atoms with Gasteiger partial charge >= 0.3 is 0 Å². The van der Waals surface area contributed by atoms with Crippen molar-refractivity contribution >= 4 is 5.96 Å². The van der Waals surface area contributed by atoms with Gasteiger partial charge in [-0.3, -0.25) is 9.89 Å². The van der Waals surface area contributed by atoms with E-state index in [0.717, 1.165) is 96.2 Å². The lowest BCUT2D eigenvalue weighted by molar-refractivity contribution is 0.0306. The quantitative estimate of drug-likeness (QED) is 0.264. The molecule has 2 rings (SSSR count). The van der Waals surface area contributed by atoms with E-state index in [0.29, 0.717) is 6.54 Å². The zero-order chi connectivity index (χ0) is 20.8. The summed E-state index contributed by atoms with van der Waals surface area (Å²) in [5.41, 5.74) is -0.715. The van der Waals surface area contributed by atoms with Gasteiger partial charge in [0.25, 0.3) is 0 Å². The zero-order valence-electron chi connectivity index (χ0n) is 18.3. The molecule has 1 saturated heterocycles. The second-order valence-corrected chi connectivity index (χ2v) is 7.88. The Morgan fingerprint density at radius 2 is 1.90 bits per heavy atom. The van der Waals surface area contributed by atoms with E-state index in [-0.39, 0.29) is 0 Å². The number of nitrogens with zero attached hydrogens (tertiary/aromatic N) is 2. The van der Waals surface area contributed by atoms with Crippen LogP contribution in [-0.2, 0) is 11.2 Å². The first-order valence-corrected chi connectivity index (χ1v) is 11.2. The minimum absolute atomic E-state index is 0.425. The van der Waals surface area contributed by atoms with Crippen LogP contribution in [0.3, 0.4) is 0 Å². The van der Waals surface area contributed by atoms with Crippen LogP contribution >= 0.6 is 0 Å². The topological polar surface area (TPSA) is 82.3 Å². The maximum atomic E-state index is 10.9. The van der Waals surface area contributed by atoms with Gasteiger partial charge in [-0.15, -0.1) is 0 Å². The molecule has 0 aromatic carbocycles. The minimum Gasteiger partial charge on any atom is -0.469 e. The third-order valence-corrected chi connectivity index (χ3v) is 5.25. The zero-order valence-corrected chi connectivity index (χ0v) is 18.3. The first kappa shape index (κ1) is 23.7. The van der Waals surface area contributed by atoms with Crippen LogP contribution in [0.25, 0.3) is 0 Å². The van der Waals surface area contributed by atoms with Crippen LogP contribution in [0.1, 0.15) is 51.7 Å². The monoisotopic (exact) mass is 408 g/mol. The van der Waals surface area contributed by atoms with Gasteiger partial charge in [0.05, 0.1) is 31.6 Å². The lowest BCUT2D eigenvalue weighted by Crippen LogP contribution is -2.42. The number of hydrogen-bond donors (Lipinski definition) is 3. The Morgan fingerprint density at radius 1 is 1.17 bits per heavy atom. The highest BCUT2D eigenvalue weighted by Crippen LogP contribution is 2.19. The number of hydrogen-bond acceptors (Lipinski definition) is 5. The average Bonchev–Trinajstić information content (AvgIpc) is 3.23. The summed E-state index contributed by atoms with van der Waals surface area (Å²) in [5, 5.41) is 17.7. The van der Waals surface area contributed by atoms with Crippen LogP contribution < -0.4 is 10.6 Å². The predicted octanol–water partition coefficient (Wildman–Crippen LogP) is 2.41. The lowest BCUT2D eigenvalue weighted by atomic mass is 9.93. The minimum atomic E-state index is -0.715. The summed E-state index contributed by atoms with van der Waals surface area (Å²) in [6, 6.07) is 3.89. The van der Waals surface area contributed by atoms with Gasteiger partial charge in [0.1, 0.15) is 5.76 Å². The molecule has 0 radical (unpaired) electrons. The van der Waals surface area contributed by atoms with E-state index in [1.165, 1.54) is 0 Å². The summed E-state index contributed by atoms with van der Waals surface area (Å²) in [6.07, 6.45) is 7.02. The van der Waals surface area contributed by atoms with Gasteiger partial charge in [0.15, 0.2) is 5.96 Å². The molecule has 166 valence electrons. The molecule has 0 spiro atoms. The lowest BCUT2D eigenvalue weighted by Gasteiger charge is -2.27. The summed E-state index contributed by atoms with van der Waals surface area (Å²) in [6.45, 7) is 11.0. The molecule has 0 saturated carbocycles. The highest BCUT2D eigenvalue weighted by atomic mass is 16.5. The predicted molar refractivity (Wildman–Crippen MR) is 117 cm³/mol. The average molecular weight is 409 g/mol. The Balaban J connectivity index is 1.82. The summed E-state index contributed by atoms with van der Waals surface area (Å²) in [7, 11) is 0. The Kier molecular flexibility index (Phi) is 11.1. The fraction of sp³-hybridized carbons (Fsp3) is 0.773. The summed E-state index contributed by atoms with van der Waals surface area (Å²) < 4.78 is 10.8. The van der Waals surface area contributed by atoms with Crippen LogP contribution in [0.15, 0.2) is 27.8 Å². The van der Waals surface area contributed by atoms with Crippen molar-refractivity contribution in [3.05, 3.63) is 24.2 Å². The summed E-state index contributed by atoms with van der Waals surface area (Å²) >= 11 is 0. The molecule has 29 heavy (non-hydrogen) atoms. The smallest absolute Gasteiger partial charge is 0.191 e. The Bertz CT molecular complexity index is 550. The third-order valence-electron chi connectivity index (χ3n) is 5.25. The summed E-state index contributed by atoms with van der Waals surface area (Å²) in [4.78, 5) is 7.15. The largest absolute Gasteiger partial charge is 0.469 e. The van der Waals surface area contributed by atoms with E-state index in [1.54, 1.807) is 6.26 Å². The molecule has 1 aliphatic heterocycles. The molecule has 0 aliphatic carbocycles. The number of aliphatic hydroxyl groups is 1. The molecule has 1 aromatic rings. The molecule has 1 aliphatic rings. The van der Waals surface area contributed by atoms with Gasteiger partial charge in [-0.2, -0.15) is 0 Å². The maximum absolute atomic E-state index is 10.9. The molecule has 1 aromatic heterocycles. The van der Waals surface area contributed by atoms with Crippen LogP contribution in [0, 0.1) is 0 Å². The van der Waals surface area contributed by atoms with Crippen molar-refractivity contribution in [3.8, 4) is 0 Å². The molecule has 0 atom stereocenters. The molecule has 3 N–H and O–H groups in total. The molecule has 0 bridgehead atoms. The van der Waals surface area contributed by atoms with Gasteiger partial charge in [-0.1, -0.05) is 26.7 Å². The van der Waals surface area contributed by atoms with Gasteiger partial charge in [-0.05, 0) is 37.9 Å². The molecule has 1 fully saturated rings. The fourth-order valence-corrected chi connectivity index (χ4v) is 3.71. The van der Waals surface area contributed by atoms with E-state index in [2.05, 4.69) is 29.4 Å². The first-order valence-electron chi connectivity index (χ1n) is 11.2. The van der Waals surface area contributed by atoms with Crippen molar-refractivity contribution in [1.82, 2.24) is 15.5 Å². The highest BCUT2D eigenvalue weighted by molar-refractivity contribution is 5.79. The number of guanidine groups is 1. The van der Waals surface area contributed by atoms with E-state index in [4.69, 9.17) is 14.1 Å². The second kappa shape index (κ2) is 13.6. The molecule has 7 nitrogen and oxygen atoms in total. The van der Waals surface area contributed by atoms with E-state index in [9.17, 15) is 5.11 Å². The Hall–Kier alpha value is -1.57. The number of ether oxygens (including phenoxy) is 1. The van der Waals surface area contributed by atoms with Crippen molar-refractivity contribution in [3.63, 3.8) is 0 Å². The molecular weight excluding hydrogens is 368 g/mol. The van der Waals surface area contributed by atoms with Gasteiger partial charge < -0.3 is 24.9 Å². The molecule has 7 heteroatoms. The van der Waals surface area contributed by atoms with Crippen molar-refractivity contribution in [2.75, 3.05) is 52.5 Å². The van der Waals surface area contributed by atoms with Crippen LogP contribution in [0.2, 0.25) is 0 Å². The molecule has 2 heterocycles. The Labute approximate surface area is 175 Å². The SMILES string of the molecule is CCCC(O)(CCC)CN=C(NCCCN1CCOCC1)NCCc1ccco1. The molecule has 0 unspecified atom stereocenters. The number of furan rings is 1. The third kappa shape index (κ3) is 9.65. The van der Waals surface area contributed by atoms with Crippen LogP contribution in [-0.4, -0.2) is 74.0 Å².